The zero-order valence-electron chi connectivity index (χ0n) is 7.82. The van der Waals surface area contributed by atoms with Gasteiger partial charge in [-0.25, -0.2) is 0 Å². The third-order valence-electron chi connectivity index (χ3n) is 1.67. The fourth-order valence-electron chi connectivity index (χ4n) is 0.968. The van der Waals surface area contributed by atoms with Gasteiger partial charge in [0.2, 0.25) is 0 Å². The van der Waals surface area contributed by atoms with E-state index >= 15 is 0 Å². The van der Waals surface area contributed by atoms with Gasteiger partial charge in [0, 0.05) is 4.47 Å². The Bertz CT molecular complexity index is 280. The Hall–Kier alpha value is -0.640. The Balaban J connectivity index is 2.25. The molecule has 76 valence electrons. The molecule has 0 fully saturated rings. The van der Waals surface area contributed by atoms with E-state index in [-0.39, 0.29) is 6.61 Å². The van der Waals surface area contributed by atoms with Crippen LogP contribution in [0.4, 0.5) is 0 Å². The third kappa shape index (κ3) is 4.56. The first-order valence-electron chi connectivity index (χ1n) is 4.41. The quantitative estimate of drug-likeness (QED) is 0.648. The molecule has 0 aliphatic carbocycles. The average Bonchev–Trinajstić information content (AvgIpc) is 2.21. The standard InChI is InChI=1S/C11H13BrO2/c12-11-5-3-10(4-6-11)9-14-8-2-1-7-13/h1-6,13H,7-9H2. The van der Waals surface area contributed by atoms with E-state index in [4.69, 9.17) is 9.84 Å². The average molecular weight is 257 g/mol. The Labute approximate surface area is 92.3 Å². The molecule has 1 rings (SSSR count). The number of benzene rings is 1. The van der Waals surface area contributed by atoms with Crippen LogP contribution >= 0.6 is 15.9 Å². The van der Waals surface area contributed by atoms with Crippen LogP contribution in [0.2, 0.25) is 0 Å². The van der Waals surface area contributed by atoms with Gasteiger partial charge in [-0.15, -0.1) is 0 Å². The Morgan fingerprint density at radius 2 is 1.93 bits per heavy atom. The molecule has 0 heterocycles. The van der Waals surface area contributed by atoms with Crippen molar-refractivity contribution >= 4 is 15.9 Å². The molecule has 1 aromatic carbocycles. The molecule has 0 saturated carbocycles. The van der Waals surface area contributed by atoms with Gasteiger partial charge in [-0.3, -0.25) is 0 Å². The van der Waals surface area contributed by atoms with Gasteiger partial charge < -0.3 is 9.84 Å². The molecular formula is C11H13BrO2. The predicted octanol–water partition coefficient (Wildman–Crippen LogP) is 2.51. The van der Waals surface area contributed by atoms with E-state index < -0.39 is 0 Å². The molecule has 2 nitrogen and oxygen atoms in total. The molecule has 0 amide bonds. The van der Waals surface area contributed by atoms with Gasteiger partial charge in [0.05, 0.1) is 19.8 Å². The zero-order valence-corrected chi connectivity index (χ0v) is 9.40. The lowest BCUT2D eigenvalue weighted by molar-refractivity contribution is 0.148. The highest BCUT2D eigenvalue weighted by Crippen LogP contribution is 2.10. The minimum atomic E-state index is 0.0711. The maximum Gasteiger partial charge on any atom is 0.0721 e. The molecule has 0 aliphatic heterocycles. The lowest BCUT2D eigenvalue weighted by Crippen LogP contribution is -1.92. The van der Waals surface area contributed by atoms with Gasteiger partial charge >= 0.3 is 0 Å². The molecule has 0 unspecified atom stereocenters. The number of halogens is 1. The van der Waals surface area contributed by atoms with E-state index in [0.717, 1.165) is 10.0 Å². The summed E-state index contributed by atoms with van der Waals surface area (Å²) in [5, 5.41) is 8.47. The number of aliphatic hydroxyl groups is 1. The van der Waals surface area contributed by atoms with Crippen LogP contribution in [0, 0.1) is 0 Å². The molecule has 0 aromatic heterocycles. The predicted molar refractivity (Wildman–Crippen MR) is 60.0 cm³/mol. The van der Waals surface area contributed by atoms with Crippen molar-refractivity contribution in [3.05, 3.63) is 46.5 Å². The summed E-state index contributed by atoms with van der Waals surface area (Å²) in [4.78, 5) is 0. The van der Waals surface area contributed by atoms with E-state index in [1.54, 1.807) is 12.2 Å². The summed E-state index contributed by atoms with van der Waals surface area (Å²) >= 11 is 3.37. The van der Waals surface area contributed by atoms with Crippen LogP contribution < -0.4 is 0 Å². The molecule has 0 bridgehead atoms. The van der Waals surface area contributed by atoms with E-state index in [1.165, 1.54) is 0 Å². The van der Waals surface area contributed by atoms with Crippen LogP contribution in [0.5, 0.6) is 0 Å². The van der Waals surface area contributed by atoms with Crippen molar-refractivity contribution in [1.29, 1.82) is 0 Å². The number of ether oxygens (including phenoxy) is 1. The van der Waals surface area contributed by atoms with Crippen LogP contribution in [0.15, 0.2) is 40.9 Å². The highest BCUT2D eigenvalue weighted by atomic mass is 79.9. The normalized spacial score (nSPS) is 11.0. The molecular weight excluding hydrogens is 244 g/mol. The molecule has 0 atom stereocenters. The third-order valence-corrected chi connectivity index (χ3v) is 2.20. The van der Waals surface area contributed by atoms with Crippen molar-refractivity contribution in [2.45, 2.75) is 6.61 Å². The van der Waals surface area contributed by atoms with Crippen molar-refractivity contribution < 1.29 is 9.84 Å². The molecule has 0 spiro atoms. The van der Waals surface area contributed by atoms with Gasteiger partial charge in [0.1, 0.15) is 0 Å². The first-order valence-corrected chi connectivity index (χ1v) is 5.20. The van der Waals surface area contributed by atoms with Crippen molar-refractivity contribution in [3.8, 4) is 0 Å². The van der Waals surface area contributed by atoms with Gasteiger partial charge in [-0.2, -0.15) is 0 Å². The number of hydrogen-bond acceptors (Lipinski definition) is 2. The number of rotatable bonds is 5. The highest BCUT2D eigenvalue weighted by molar-refractivity contribution is 9.10. The summed E-state index contributed by atoms with van der Waals surface area (Å²) in [7, 11) is 0. The van der Waals surface area contributed by atoms with Crippen molar-refractivity contribution in [1.82, 2.24) is 0 Å². The highest BCUT2D eigenvalue weighted by Gasteiger charge is 1.91. The van der Waals surface area contributed by atoms with Gasteiger partial charge in [-0.05, 0) is 17.7 Å². The van der Waals surface area contributed by atoms with E-state index in [1.807, 2.05) is 24.3 Å². The topological polar surface area (TPSA) is 29.5 Å². The van der Waals surface area contributed by atoms with Crippen LogP contribution in [-0.4, -0.2) is 18.3 Å². The second-order valence-corrected chi connectivity index (χ2v) is 3.71. The molecule has 3 heteroatoms. The Morgan fingerprint density at radius 3 is 2.57 bits per heavy atom. The monoisotopic (exact) mass is 256 g/mol. The van der Waals surface area contributed by atoms with Crippen molar-refractivity contribution in [3.63, 3.8) is 0 Å². The second kappa shape index (κ2) is 6.76. The molecule has 1 aromatic rings. The SMILES string of the molecule is OCC=CCOCc1ccc(Br)cc1. The second-order valence-electron chi connectivity index (χ2n) is 2.80. The number of hydrogen-bond donors (Lipinski definition) is 1. The van der Waals surface area contributed by atoms with Crippen molar-refractivity contribution in [2.24, 2.45) is 0 Å². The molecule has 14 heavy (non-hydrogen) atoms. The molecule has 0 aliphatic rings. The van der Waals surface area contributed by atoms with Crippen molar-refractivity contribution in [2.75, 3.05) is 13.2 Å². The van der Waals surface area contributed by atoms with E-state index in [9.17, 15) is 0 Å². The minimum absolute atomic E-state index is 0.0711. The minimum Gasteiger partial charge on any atom is -0.392 e. The van der Waals surface area contributed by atoms with E-state index in [2.05, 4.69) is 15.9 Å². The first-order chi connectivity index (χ1) is 6.83. The largest absolute Gasteiger partial charge is 0.392 e. The molecule has 0 saturated heterocycles. The fourth-order valence-corrected chi connectivity index (χ4v) is 1.23. The van der Waals surface area contributed by atoms with Gasteiger partial charge in [0.15, 0.2) is 0 Å². The Kier molecular flexibility index (Phi) is 5.52. The fraction of sp³-hybridized carbons (Fsp3) is 0.273. The number of aliphatic hydroxyl groups excluding tert-OH is 1. The first kappa shape index (κ1) is 11.4. The summed E-state index contributed by atoms with van der Waals surface area (Å²) in [5.74, 6) is 0. The lowest BCUT2D eigenvalue weighted by Gasteiger charge is -2.01. The summed E-state index contributed by atoms with van der Waals surface area (Å²) in [6.45, 7) is 1.21. The molecule has 1 N–H and O–H groups in total. The smallest absolute Gasteiger partial charge is 0.0721 e. The maximum absolute atomic E-state index is 8.47. The van der Waals surface area contributed by atoms with Crippen LogP contribution in [0.3, 0.4) is 0 Å². The summed E-state index contributed by atoms with van der Waals surface area (Å²) in [5.41, 5.74) is 1.14. The maximum atomic E-state index is 8.47. The van der Waals surface area contributed by atoms with Gasteiger partial charge in [-0.1, -0.05) is 40.2 Å². The summed E-state index contributed by atoms with van der Waals surface area (Å²) in [6.07, 6.45) is 3.47. The summed E-state index contributed by atoms with van der Waals surface area (Å²) < 4.78 is 6.42. The lowest BCUT2D eigenvalue weighted by atomic mass is 10.2. The van der Waals surface area contributed by atoms with Gasteiger partial charge in [0.25, 0.3) is 0 Å². The zero-order chi connectivity index (χ0) is 10.2. The summed E-state index contributed by atoms with van der Waals surface area (Å²) in [6, 6.07) is 8.00. The van der Waals surface area contributed by atoms with Crippen LogP contribution in [-0.2, 0) is 11.3 Å². The van der Waals surface area contributed by atoms with Crippen LogP contribution in [0.25, 0.3) is 0 Å². The Morgan fingerprint density at radius 1 is 1.21 bits per heavy atom. The van der Waals surface area contributed by atoms with Crippen LogP contribution in [0.1, 0.15) is 5.56 Å². The molecule has 0 radical (unpaired) electrons. The van der Waals surface area contributed by atoms with E-state index in [0.29, 0.717) is 13.2 Å².